The van der Waals surface area contributed by atoms with Gasteiger partial charge >= 0.3 is 0 Å². The summed E-state index contributed by atoms with van der Waals surface area (Å²) in [6, 6.07) is 13.9. The van der Waals surface area contributed by atoms with Gasteiger partial charge < -0.3 is 5.32 Å². The second-order valence-electron chi connectivity index (χ2n) is 7.80. The number of piperidine rings is 1. The van der Waals surface area contributed by atoms with Gasteiger partial charge in [0.25, 0.3) is 5.91 Å². The topological polar surface area (TPSA) is 66.5 Å². The minimum absolute atomic E-state index is 0.234. The lowest BCUT2D eigenvalue weighted by Gasteiger charge is -2.34. The van der Waals surface area contributed by atoms with Gasteiger partial charge in [-0.25, -0.2) is 8.42 Å². The highest BCUT2D eigenvalue weighted by molar-refractivity contribution is 7.89. The molecule has 5 nitrogen and oxygen atoms in total. The molecule has 0 radical (unpaired) electrons. The molecular formula is C22H28N2O3S. The molecule has 6 heteroatoms. The van der Waals surface area contributed by atoms with Crippen molar-refractivity contribution in [1.29, 1.82) is 0 Å². The van der Waals surface area contributed by atoms with Crippen LogP contribution in [-0.4, -0.2) is 31.7 Å². The average molecular weight is 401 g/mol. The Morgan fingerprint density at radius 2 is 1.57 bits per heavy atom. The average Bonchev–Trinajstić information content (AvgIpc) is 2.68. The van der Waals surface area contributed by atoms with Crippen LogP contribution in [0, 0.1) is 11.8 Å². The number of carbonyl (C=O) groups excluding carboxylic acids is 1. The fourth-order valence-electron chi connectivity index (χ4n) is 3.76. The number of rotatable bonds is 5. The van der Waals surface area contributed by atoms with E-state index in [0.29, 0.717) is 30.5 Å². The number of aryl methyl sites for hydroxylation is 1. The normalized spacial score (nSPS) is 20.7. The molecule has 0 bridgehead atoms. The molecule has 0 spiro atoms. The summed E-state index contributed by atoms with van der Waals surface area (Å²) < 4.78 is 27.4. The van der Waals surface area contributed by atoms with Crippen LogP contribution in [0.5, 0.6) is 0 Å². The van der Waals surface area contributed by atoms with Gasteiger partial charge in [-0.3, -0.25) is 4.79 Å². The molecule has 2 atom stereocenters. The van der Waals surface area contributed by atoms with Crippen LogP contribution in [0.3, 0.4) is 0 Å². The second kappa shape index (κ2) is 8.45. The van der Waals surface area contributed by atoms with Crippen LogP contribution < -0.4 is 5.32 Å². The molecule has 0 saturated carbocycles. The molecule has 1 heterocycles. The highest BCUT2D eigenvalue weighted by Gasteiger charge is 2.31. The summed E-state index contributed by atoms with van der Waals surface area (Å²) in [5.74, 6) is 0.443. The SMILES string of the molecule is CCc1ccc(NC(=O)c2ccc(S(=O)(=O)N3CC(C)CC(C)C3)cc2)cc1. The molecule has 1 aliphatic rings. The van der Waals surface area contributed by atoms with Gasteiger partial charge in [-0.2, -0.15) is 4.31 Å². The minimum Gasteiger partial charge on any atom is -0.322 e. The van der Waals surface area contributed by atoms with E-state index in [2.05, 4.69) is 26.1 Å². The van der Waals surface area contributed by atoms with Gasteiger partial charge in [0.1, 0.15) is 0 Å². The Morgan fingerprint density at radius 1 is 1.00 bits per heavy atom. The van der Waals surface area contributed by atoms with E-state index in [4.69, 9.17) is 0 Å². The van der Waals surface area contributed by atoms with E-state index < -0.39 is 10.0 Å². The number of benzene rings is 2. The Hall–Kier alpha value is -2.18. The number of carbonyl (C=O) groups is 1. The number of hydrogen-bond acceptors (Lipinski definition) is 3. The third-order valence-corrected chi connectivity index (χ3v) is 7.06. The van der Waals surface area contributed by atoms with Gasteiger partial charge in [-0.05, 0) is 66.6 Å². The number of amides is 1. The lowest BCUT2D eigenvalue weighted by atomic mass is 9.94. The molecule has 3 rings (SSSR count). The van der Waals surface area contributed by atoms with E-state index in [9.17, 15) is 13.2 Å². The summed E-state index contributed by atoms with van der Waals surface area (Å²) in [5.41, 5.74) is 2.35. The molecule has 0 aliphatic carbocycles. The maximum atomic E-state index is 12.9. The van der Waals surface area contributed by atoms with Crippen molar-refractivity contribution in [3.8, 4) is 0 Å². The molecular weight excluding hydrogens is 372 g/mol. The van der Waals surface area contributed by atoms with Gasteiger partial charge in [0.05, 0.1) is 4.90 Å². The fourth-order valence-corrected chi connectivity index (χ4v) is 5.44. The molecule has 0 aromatic heterocycles. The van der Waals surface area contributed by atoms with Gasteiger partial charge in [0, 0.05) is 24.3 Å². The van der Waals surface area contributed by atoms with Crippen LogP contribution in [0.4, 0.5) is 5.69 Å². The minimum atomic E-state index is -3.54. The fraction of sp³-hybridized carbons (Fsp3) is 0.409. The molecule has 1 fully saturated rings. The Morgan fingerprint density at radius 3 is 2.11 bits per heavy atom. The van der Waals surface area contributed by atoms with Crippen LogP contribution in [0.25, 0.3) is 0 Å². The highest BCUT2D eigenvalue weighted by atomic mass is 32.2. The lowest BCUT2D eigenvalue weighted by Crippen LogP contribution is -2.42. The summed E-state index contributed by atoms with van der Waals surface area (Å²) in [6.45, 7) is 7.33. The van der Waals surface area contributed by atoms with Crippen molar-refractivity contribution in [2.45, 2.75) is 38.5 Å². The van der Waals surface area contributed by atoms with Crippen LogP contribution in [0.15, 0.2) is 53.4 Å². The van der Waals surface area contributed by atoms with E-state index in [1.54, 1.807) is 16.4 Å². The Balaban J connectivity index is 1.72. The first-order chi connectivity index (χ1) is 13.3. The summed E-state index contributed by atoms with van der Waals surface area (Å²) in [6.07, 6.45) is 1.99. The molecule has 1 saturated heterocycles. The molecule has 1 amide bonds. The summed E-state index contributed by atoms with van der Waals surface area (Å²) in [5, 5.41) is 2.84. The molecule has 1 N–H and O–H groups in total. The molecule has 2 unspecified atom stereocenters. The standard InChI is InChI=1S/C22H28N2O3S/c1-4-18-5-9-20(10-6-18)23-22(25)19-7-11-21(12-8-19)28(26,27)24-14-16(2)13-17(3)15-24/h5-12,16-17H,4,13-15H2,1-3H3,(H,23,25). The van der Waals surface area contributed by atoms with Gasteiger partial charge in [0.2, 0.25) is 10.0 Å². The summed E-state index contributed by atoms with van der Waals surface area (Å²) in [4.78, 5) is 12.7. The molecule has 2 aromatic rings. The van der Waals surface area contributed by atoms with E-state index in [1.807, 2.05) is 24.3 Å². The van der Waals surface area contributed by atoms with Crippen molar-refractivity contribution in [2.75, 3.05) is 18.4 Å². The Labute approximate surface area is 167 Å². The van der Waals surface area contributed by atoms with E-state index in [0.717, 1.165) is 18.5 Å². The smallest absolute Gasteiger partial charge is 0.255 e. The van der Waals surface area contributed by atoms with Crippen LogP contribution in [-0.2, 0) is 16.4 Å². The third kappa shape index (κ3) is 4.62. The van der Waals surface area contributed by atoms with Crippen molar-refractivity contribution < 1.29 is 13.2 Å². The molecule has 2 aromatic carbocycles. The number of nitrogens with one attached hydrogen (secondary N) is 1. The van der Waals surface area contributed by atoms with Crippen LogP contribution >= 0.6 is 0 Å². The monoisotopic (exact) mass is 400 g/mol. The summed E-state index contributed by atoms with van der Waals surface area (Å²) in [7, 11) is -3.54. The van der Waals surface area contributed by atoms with Gasteiger partial charge in [-0.15, -0.1) is 0 Å². The van der Waals surface area contributed by atoms with E-state index in [-0.39, 0.29) is 10.8 Å². The molecule has 150 valence electrons. The van der Waals surface area contributed by atoms with Gasteiger partial charge in [0.15, 0.2) is 0 Å². The molecule has 1 aliphatic heterocycles. The van der Waals surface area contributed by atoms with Gasteiger partial charge in [-0.1, -0.05) is 32.9 Å². The second-order valence-corrected chi connectivity index (χ2v) is 9.73. The predicted molar refractivity (Wildman–Crippen MR) is 112 cm³/mol. The zero-order chi connectivity index (χ0) is 20.3. The number of hydrogen-bond donors (Lipinski definition) is 1. The van der Waals surface area contributed by atoms with Crippen LogP contribution in [0.1, 0.15) is 43.1 Å². The maximum Gasteiger partial charge on any atom is 0.255 e. The van der Waals surface area contributed by atoms with Crippen molar-refractivity contribution in [3.63, 3.8) is 0 Å². The van der Waals surface area contributed by atoms with Crippen molar-refractivity contribution >= 4 is 21.6 Å². The first-order valence-corrected chi connectivity index (χ1v) is 11.2. The lowest BCUT2D eigenvalue weighted by molar-refractivity contribution is 0.102. The maximum absolute atomic E-state index is 12.9. The largest absolute Gasteiger partial charge is 0.322 e. The zero-order valence-corrected chi connectivity index (χ0v) is 17.5. The highest BCUT2D eigenvalue weighted by Crippen LogP contribution is 2.26. The van der Waals surface area contributed by atoms with Crippen molar-refractivity contribution in [1.82, 2.24) is 4.31 Å². The zero-order valence-electron chi connectivity index (χ0n) is 16.7. The van der Waals surface area contributed by atoms with Crippen molar-refractivity contribution in [2.24, 2.45) is 11.8 Å². The Kier molecular flexibility index (Phi) is 6.20. The predicted octanol–water partition coefficient (Wildman–Crippen LogP) is 4.17. The quantitative estimate of drug-likeness (QED) is 0.819. The Bertz CT molecular complexity index is 911. The van der Waals surface area contributed by atoms with E-state index in [1.165, 1.54) is 17.7 Å². The molecule has 28 heavy (non-hydrogen) atoms. The number of sulfonamides is 1. The van der Waals surface area contributed by atoms with E-state index >= 15 is 0 Å². The summed E-state index contributed by atoms with van der Waals surface area (Å²) >= 11 is 0. The number of anilines is 1. The van der Waals surface area contributed by atoms with Crippen LogP contribution in [0.2, 0.25) is 0 Å². The van der Waals surface area contributed by atoms with Crippen molar-refractivity contribution in [3.05, 3.63) is 59.7 Å². The first-order valence-electron chi connectivity index (χ1n) is 9.80. The third-order valence-electron chi connectivity index (χ3n) is 5.21. The number of nitrogens with zero attached hydrogens (tertiary/aromatic N) is 1. The first kappa shape index (κ1) is 20.6.